The first-order chi connectivity index (χ1) is 12.6. The van der Waals surface area contributed by atoms with Gasteiger partial charge in [0, 0.05) is 16.8 Å². The quantitative estimate of drug-likeness (QED) is 0.585. The third-order valence-electron chi connectivity index (χ3n) is 4.35. The largest absolute Gasteiger partial charge is 0.361 e. The number of fused-ring (bicyclic) bond motifs is 1. The average Bonchev–Trinajstić information content (AvgIpc) is 3.21. The molecule has 0 bridgehead atoms. The van der Waals surface area contributed by atoms with Crippen LogP contribution in [-0.4, -0.2) is 21.0 Å². The number of amides is 1. The van der Waals surface area contributed by atoms with E-state index in [1.807, 2.05) is 62.4 Å². The predicted octanol–water partition coefficient (Wildman–Crippen LogP) is 4.02. The molecule has 130 valence electrons. The number of H-pyrrole nitrogens is 1. The van der Waals surface area contributed by atoms with Crippen molar-refractivity contribution >= 4 is 22.6 Å². The molecule has 1 amide bonds. The number of hydrogen-bond acceptors (Lipinski definition) is 4. The minimum absolute atomic E-state index is 0.101. The van der Waals surface area contributed by atoms with E-state index in [0.29, 0.717) is 5.76 Å². The van der Waals surface area contributed by atoms with Crippen molar-refractivity contribution < 1.29 is 9.32 Å². The van der Waals surface area contributed by atoms with Crippen LogP contribution in [0.2, 0.25) is 0 Å². The summed E-state index contributed by atoms with van der Waals surface area (Å²) in [7, 11) is 0. The first kappa shape index (κ1) is 16.1. The zero-order chi connectivity index (χ0) is 18.1. The number of imidazole rings is 1. The van der Waals surface area contributed by atoms with Crippen LogP contribution in [0, 0.1) is 13.8 Å². The molecule has 0 saturated carbocycles. The van der Waals surface area contributed by atoms with E-state index in [1.165, 1.54) is 0 Å². The number of para-hydroxylation sites is 2. The van der Waals surface area contributed by atoms with Gasteiger partial charge in [0.25, 0.3) is 0 Å². The van der Waals surface area contributed by atoms with Crippen molar-refractivity contribution in [2.75, 3.05) is 5.32 Å². The SMILES string of the molecule is Cc1noc(C)c1CC(=O)Nc1ccc(-c2nc3ccccc3[nH]2)cc1. The van der Waals surface area contributed by atoms with Gasteiger partial charge in [-0.1, -0.05) is 17.3 Å². The highest BCUT2D eigenvalue weighted by Crippen LogP contribution is 2.22. The average molecular weight is 346 g/mol. The Morgan fingerprint density at radius 1 is 1.12 bits per heavy atom. The Morgan fingerprint density at radius 2 is 1.88 bits per heavy atom. The van der Waals surface area contributed by atoms with E-state index in [4.69, 9.17) is 4.52 Å². The van der Waals surface area contributed by atoms with Crippen LogP contribution in [0.4, 0.5) is 5.69 Å². The molecule has 0 aliphatic heterocycles. The molecule has 0 radical (unpaired) electrons. The van der Waals surface area contributed by atoms with Gasteiger partial charge in [-0.05, 0) is 50.2 Å². The van der Waals surface area contributed by atoms with Crippen molar-refractivity contribution in [3.05, 3.63) is 65.5 Å². The molecule has 0 aliphatic rings. The van der Waals surface area contributed by atoms with Crippen molar-refractivity contribution in [1.29, 1.82) is 0 Å². The van der Waals surface area contributed by atoms with Gasteiger partial charge >= 0.3 is 0 Å². The third kappa shape index (κ3) is 3.09. The number of nitrogens with one attached hydrogen (secondary N) is 2. The van der Waals surface area contributed by atoms with Gasteiger partial charge in [0.15, 0.2) is 0 Å². The maximum Gasteiger partial charge on any atom is 0.228 e. The summed E-state index contributed by atoms with van der Waals surface area (Å²) in [6.45, 7) is 3.64. The zero-order valence-corrected chi connectivity index (χ0v) is 14.5. The molecule has 4 rings (SSSR count). The number of benzene rings is 2. The van der Waals surface area contributed by atoms with Crippen molar-refractivity contribution in [2.45, 2.75) is 20.3 Å². The number of carbonyl (C=O) groups is 1. The van der Waals surface area contributed by atoms with Crippen molar-refractivity contribution in [3.8, 4) is 11.4 Å². The molecule has 0 spiro atoms. The van der Waals surface area contributed by atoms with Crippen LogP contribution in [0.5, 0.6) is 0 Å². The molecule has 0 saturated heterocycles. The lowest BCUT2D eigenvalue weighted by Crippen LogP contribution is -2.15. The minimum Gasteiger partial charge on any atom is -0.361 e. The molecule has 0 aliphatic carbocycles. The molecule has 2 aromatic heterocycles. The topological polar surface area (TPSA) is 83.8 Å². The molecule has 0 fully saturated rings. The number of hydrogen-bond donors (Lipinski definition) is 2. The molecule has 6 heteroatoms. The summed E-state index contributed by atoms with van der Waals surface area (Å²) in [5, 5.41) is 6.77. The van der Waals surface area contributed by atoms with Crippen molar-refractivity contribution in [2.24, 2.45) is 0 Å². The summed E-state index contributed by atoms with van der Waals surface area (Å²) in [5.41, 5.74) is 5.21. The smallest absolute Gasteiger partial charge is 0.228 e. The van der Waals surface area contributed by atoms with Crippen LogP contribution in [0.3, 0.4) is 0 Å². The molecule has 26 heavy (non-hydrogen) atoms. The minimum atomic E-state index is -0.101. The first-order valence-electron chi connectivity index (χ1n) is 8.37. The highest BCUT2D eigenvalue weighted by Gasteiger charge is 2.13. The van der Waals surface area contributed by atoms with Gasteiger partial charge < -0.3 is 14.8 Å². The van der Waals surface area contributed by atoms with E-state index in [2.05, 4.69) is 20.4 Å². The van der Waals surface area contributed by atoms with Gasteiger partial charge in [-0.3, -0.25) is 4.79 Å². The number of carbonyl (C=O) groups excluding carboxylic acids is 1. The molecular formula is C20H18N4O2. The molecule has 4 aromatic rings. The van der Waals surface area contributed by atoms with Gasteiger partial charge in [0.05, 0.1) is 23.1 Å². The monoisotopic (exact) mass is 346 g/mol. The summed E-state index contributed by atoms with van der Waals surface area (Å²) < 4.78 is 5.10. The van der Waals surface area contributed by atoms with E-state index in [-0.39, 0.29) is 12.3 Å². The van der Waals surface area contributed by atoms with E-state index in [9.17, 15) is 4.79 Å². The standard InChI is InChI=1S/C20H18N4O2/c1-12-16(13(2)26-24-12)11-19(25)21-15-9-7-14(8-10-15)20-22-17-5-3-4-6-18(17)23-20/h3-10H,11H2,1-2H3,(H,21,25)(H,22,23). The fourth-order valence-corrected chi connectivity index (χ4v) is 2.92. The van der Waals surface area contributed by atoms with Gasteiger partial charge in [-0.2, -0.15) is 0 Å². The fourth-order valence-electron chi connectivity index (χ4n) is 2.92. The Bertz CT molecular complexity index is 1020. The number of aryl methyl sites for hydroxylation is 2. The molecule has 2 N–H and O–H groups in total. The Kier molecular flexibility index (Phi) is 4.01. The van der Waals surface area contributed by atoms with E-state index < -0.39 is 0 Å². The second-order valence-corrected chi connectivity index (χ2v) is 6.21. The lowest BCUT2D eigenvalue weighted by atomic mass is 10.1. The van der Waals surface area contributed by atoms with Gasteiger partial charge in [-0.25, -0.2) is 4.98 Å². The second kappa shape index (κ2) is 6.48. The third-order valence-corrected chi connectivity index (χ3v) is 4.35. The number of nitrogens with zero attached hydrogens (tertiary/aromatic N) is 2. The summed E-state index contributed by atoms with van der Waals surface area (Å²) >= 11 is 0. The Labute approximate surface area is 150 Å². The van der Waals surface area contributed by atoms with Crippen LogP contribution in [-0.2, 0) is 11.2 Å². The number of aromatic nitrogens is 3. The maximum atomic E-state index is 12.3. The van der Waals surface area contributed by atoms with Crippen LogP contribution in [0.25, 0.3) is 22.4 Å². The molecule has 0 atom stereocenters. The molecule has 2 aromatic carbocycles. The van der Waals surface area contributed by atoms with Crippen LogP contribution < -0.4 is 5.32 Å². The van der Waals surface area contributed by atoms with Crippen molar-refractivity contribution in [1.82, 2.24) is 15.1 Å². The lowest BCUT2D eigenvalue weighted by Gasteiger charge is -2.06. The second-order valence-electron chi connectivity index (χ2n) is 6.21. The van der Waals surface area contributed by atoms with E-state index in [1.54, 1.807) is 0 Å². The number of rotatable bonds is 4. The first-order valence-corrected chi connectivity index (χ1v) is 8.37. The Morgan fingerprint density at radius 3 is 2.58 bits per heavy atom. The van der Waals surface area contributed by atoms with Gasteiger partial charge in [0.1, 0.15) is 11.6 Å². The normalized spacial score (nSPS) is 11.0. The van der Waals surface area contributed by atoms with Crippen LogP contribution in [0.15, 0.2) is 53.1 Å². The maximum absolute atomic E-state index is 12.3. The summed E-state index contributed by atoms with van der Waals surface area (Å²) in [6, 6.07) is 15.5. The zero-order valence-electron chi connectivity index (χ0n) is 14.5. The fraction of sp³-hybridized carbons (Fsp3) is 0.150. The number of aromatic amines is 1. The van der Waals surface area contributed by atoms with E-state index in [0.717, 1.165) is 39.4 Å². The molecule has 0 unspecified atom stereocenters. The highest BCUT2D eigenvalue weighted by molar-refractivity contribution is 5.92. The predicted molar refractivity (Wildman–Crippen MR) is 99.8 cm³/mol. The Hall–Kier alpha value is -3.41. The highest BCUT2D eigenvalue weighted by atomic mass is 16.5. The molecular weight excluding hydrogens is 328 g/mol. The van der Waals surface area contributed by atoms with Crippen LogP contribution in [0.1, 0.15) is 17.0 Å². The molecule has 6 nitrogen and oxygen atoms in total. The summed E-state index contributed by atoms with van der Waals surface area (Å²) in [4.78, 5) is 20.1. The van der Waals surface area contributed by atoms with Crippen molar-refractivity contribution in [3.63, 3.8) is 0 Å². The van der Waals surface area contributed by atoms with Gasteiger partial charge in [0.2, 0.25) is 5.91 Å². The number of anilines is 1. The van der Waals surface area contributed by atoms with E-state index >= 15 is 0 Å². The lowest BCUT2D eigenvalue weighted by molar-refractivity contribution is -0.115. The summed E-state index contributed by atoms with van der Waals surface area (Å²) in [6.07, 6.45) is 0.243. The summed E-state index contributed by atoms with van der Waals surface area (Å²) in [5.74, 6) is 1.38. The van der Waals surface area contributed by atoms with Crippen LogP contribution >= 0.6 is 0 Å². The molecule has 2 heterocycles. The van der Waals surface area contributed by atoms with Gasteiger partial charge in [-0.15, -0.1) is 0 Å². The Balaban J connectivity index is 1.48.